The molecule has 0 saturated heterocycles. The maximum absolute atomic E-state index is 12.5. The highest BCUT2D eigenvalue weighted by atomic mass is 16.5. The van der Waals surface area contributed by atoms with Crippen molar-refractivity contribution in [3.63, 3.8) is 0 Å². The minimum absolute atomic E-state index is 0.142. The molecular formula is C17H19NO6. The number of allylic oxidation sites excluding steroid dienone is 2. The van der Waals surface area contributed by atoms with Gasteiger partial charge in [0, 0.05) is 0 Å². The first-order valence-electron chi connectivity index (χ1n) is 7.43. The molecule has 1 aromatic rings. The third kappa shape index (κ3) is 3.73. The fourth-order valence-electron chi connectivity index (χ4n) is 2.64. The largest absolute Gasteiger partial charge is 0.497 e. The van der Waals surface area contributed by atoms with Gasteiger partial charge in [-0.3, -0.25) is 9.59 Å². The van der Waals surface area contributed by atoms with Crippen molar-refractivity contribution in [1.29, 1.82) is 0 Å². The van der Waals surface area contributed by atoms with Crippen LogP contribution in [0.1, 0.15) is 23.2 Å². The molecule has 0 heterocycles. The second-order valence-electron chi connectivity index (χ2n) is 5.39. The van der Waals surface area contributed by atoms with E-state index < -0.39 is 29.7 Å². The molecule has 2 rings (SSSR count). The van der Waals surface area contributed by atoms with E-state index in [1.54, 1.807) is 18.2 Å². The summed E-state index contributed by atoms with van der Waals surface area (Å²) in [5.41, 5.74) is 0.398. The van der Waals surface area contributed by atoms with Gasteiger partial charge < -0.3 is 19.9 Å². The molecular weight excluding hydrogens is 314 g/mol. The standard InChI is InChI=1S/C17H19NO6/c1-23-10-7-8-14(13(9-10)17(22)24-2)18-15(19)11-5-3-4-6-12(11)16(20)21/h3-4,7-9,11-12H,5-6H2,1-2H3,(H,18,19)(H,20,21)/t11-,12+/m1/s1. The Hall–Kier alpha value is -2.83. The molecule has 7 heteroatoms. The average molecular weight is 333 g/mol. The van der Waals surface area contributed by atoms with E-state index in [-0.39, 0.29) is 11.3 Å². The summed E-state index contributed by atoms with van der Waals surface area (Å²) in [4.78, 5) is 35.7. The van der Waals surface area contributed by atoms with Crippen LogP contribution in [0.2, 0.25) is 0 Å². The minimum Gasteiger partial charge on any atom is -0.497 e. The Morgan fingerprint density at radius 2 is 1.79 bits per heavy atom. The molecule has 0 aliphatic heterocycles. The summed E-state index contributed by atoms with van der Waals surface area (Å²) in [7, 11) is 2.69. The number of methoxy groups -OCH3 is 2. The summed E-state index contributed by atoms with van der Waals surface area (Å²) in [6.45, 7) is 0. The van der Waals surface area contributed by atoms with E-state index in [0.29, 0.717) is 18.6 Å². The maximum atomic E-state index is 12.5. The van der Waals surface area contributed by atoms with Crippen molar-refractivity contribution in [3.8, 4) is 5.75 Å². The number of hydrogen-bond acceptors (Lipinski definition) is 5. The van der Waals surface area contributed by atoms with Crippen LogP contribution < -0.4 is 10.1 Å². The van der Waals surface area contributed by atoms with Crippen LogP contribution in [0.25, 0.3) is 0 Å². The van der Waals surface area contributed by atoms with Crippen LogP contribution >= 0.6 is 0 Å². The first-order valence-corrected chi connectivity index (χ1v) is 7.43. The van der Waals surface area contributed by atoms with Gasteiger partial charge >= 0.3 is 11.9 Å². The average Bonchev–Trinajstić information content (AvgIpc) is 2.61. The summed E-state index contributed by atoms with van der Waals surface area (Å²) in [6.07, 6.45) is 4.20. The van der Waals surface area contributed by atoms with Gasteiger partial charge in [0.05, 0.1) is 37.3 Å². The fraction of sp³-hybridized carbons (Fsp3) is 0.353. The molecule has 7 nitrogen and oxygen atoms in total. The van der Waals surface area contributed by atoms with Gasteiger partial charge in [-0.25, -0.2) is 4.79 Å². The first-order chi connectivity index (χ1) is 11.5. The minimum atomic E-state index is -1.01. The zero-order valence-electron chi connectivity index (χ0n) is 13.4. The third-order valence-electron chi connectivity index (χ3n) is 3.98. The molecule has 0 spiro atoms. The van der Waals surface area contributed by atoms with E-state index in [4.69, 9.17) is 9.47 Å². The molecule has 0 aromatic heterocycles. The highest BCUT2D eigenvalue weighted by Gasteiger charge is 2.34. The van der Waals surface area contributed by atoms with E-state index in [2.05, 4.69) is 5.32 Å². The number of carboxylic acids is 1. The number of nitrogens with one attached hydrogen (secondary N) is 1. The predicted molar refractivity (Wildman–Crippen MR) is 86.0 cm³/mol. The lowest BCUT2D eigenvalue weighted by Gasteiger charge is -2.24. The number of anilines is 1. The van der Waals surface area contributed by atoms with Crippen molar-refractivity contribution in [2.45, 2.75) is 12.8 Å². The molecule has 0 saturated carbocycles. The summed E-state index contributed by atoms with van der Waals surface area (Å²) in [6, 6.07) is 4.58. The fourth-order valence-corrected chi connectivity index (χ4v) is 2.64. The summed E-state index contributed by atoms with van der Waals surface area (Å²) >= 11 is 0. The second kappa shape index (κ2) is 7.63. The van der Waals surface area contributed by atoms with Gasteiger partial charge in [-0.2, -0.15) is 0 Å². The van der Waals surface area contributed by atoms with E-state index >= 15 is 0 Å². The molecule has 1 aromatic carbocycles. The topological polar surface area (TPSA) is 102 Å². The molecule has 1 amide bonds. The van der Waals surface area contributed by atoms with Crippen LogP contribution in [0.3, 0.4) is 0 Å². The lowest BCUT2D eigenvalue weighted by molar-refractivity contribution is -0.146. The van der Waals surface area contributed by atoms with E-state index in [1.165, 1.54) is 26.4 Å². The van der Waals surface area contributed by atoms with Crippen LogP contribution in [0, 0.1) is 11.8 Å². The third-order valence-corrected chi connectivity index (χ3v) is 3.98. The second-order valence-corrected chi connectivity index (χ2v) is 5.39. The molecule has 128 valence electrons. The monoisotopic (exact) mass is 333 g/mol. The predicted octanol–water partition coefficient (Wildman–Crippen LogP) is 2.09. The number of carbonyl (C=O) groups excluding carboxylic acids is 2. The van der Waals surface area contributed by atoms with Crippen molar-refractivity contribution in [2.24, 2.45) is 11.8 Å². The normalized spacial score (nSPS) is 19.4. The van der Waals surface area contributed by atoms with E-state index in [1.807, 2.05) is 0 Å². The van der Waals surface area contributed by atoms with E-state index in [9.17, 15) is 19.5 Å². The summed E-state index contributed by atoms with van der Waals surface area (Å²) in [5.74, 6) is -3.11. The Morgan fingerprint density at radius 1 is 1.12 bits per heavy atom. The van der Waals surface area contributed by atoms with Crippen LogP contribution in [-0.4, -0.2) is 37.2 Å². The highest BCUT2D eigenvalue weighted by molar-refractivity contribution is 6.03. The Balaban J connectivity index is 2.26. The van der Waals surface area contributed by atoms with Gasteiger partial charge in [-0.15, -0.1) is 0 Å². The molecule has 0 bridgehead atoms. The summed E-state index contributed by atoms with van der Waals surface area (Å²) in [5, 5.41) is 11.9. The van der Waals surface area contributed by atoms with Gasteiger partial charge in [0.15, 0.2) is 0 Å². The van der Waals surface area contributed by atoms with Crippen LogP contribution in [0.4, 0.5) is 5.69 Å². The lowest BCUT2D eigenvalue weighted by Crippen LogP contribution is -2.35. The highest BCUT2D eigenvalue weighted by Crippen LogP contribution is 2.29. The lowest BCUT2D eigenvalue weighted by atomic mass is 9.82. The Labute approximate surface area is 139 Å². The molecule has 1 aliphatic rings. The van der Waals surface area contributed by atoms with Crippen molar-refractivity contribution in [2.75, 3.05) is 19.5 Å². The number of benzene rings is 1. The number of aliphatic carboxylic acids is 1. The number of hydrogen-bond donors (Lipinski definition) is 2. The Kier molecular flexibility index (Phi) is 5.57. The zero-order chi connectivity index (χ0) is 17.7. The smallest absolute Gasteiger partial charge is 0.340 e. The van der Waals surface area contributed by atoms with Gasteiger partial charge in [0.1, 0.15) is 5.75 Å². The van der Waals surface area contributed by atoms with Gasteiger partial charge in [-0.1, -0.05) is 12.2 Å². The molecule has 1 aliphatic carbocycles. The number of ether oxygens (including phenoxy) is 2. The maximum Gasteiger partial charge on any atom is 0.340 e. The Morgan fingerprint density at radius 3 is 2.38 bits per heavy atom. The number of carbonyl (C=O) groups is 3. The number of rotatable bonds is 5. The molecule has 0 radical (unpaired) electrons. The van der Waals surface area contributed by atoms with E-state index in [0.717, 1.165) is 0 Å². The SMILES string of the molecule is COC(=O)c1cc(OC)ccc1NC(=O)[C@@H]1CC=CC[C@@H]1C(=O)O. The van der Waals surface area contributed by atoms with Crippen LogP contribution in [0.5, 0.6) is 5.75 Å². The van der Waals surface area contributed by atoms with Crippen molar-refractivity contribution in [1.82, 2.24) is 0 Å². The molecule has 24 heavy (non-hydrogen) atoms. The number of esters is 1. The van der Waals surface area contributed by atoms with Crippen LogP contribution in [-0.2, 0) is 14.3 Å². The molecule has 0 unspecified atom stereocenters. The zero-order valence-corrected chi connectivity index (χ0v) is 13.4. The van der Waals surface area contributed by atoms with Crippen molar-refractivity contribution < 1.29 is 29.0 Å². The van der Waals surface area contributed by atoms with Crippen LogP contribution in [0.15, 0.2) is 30.4 Å². The number of amides is 1. The molecule has 2 N–H and O–H groups in total. The van der Waals surface area contributed by atoms with Crippen molar-refractivity contribution in [3.05, 3.63) is 35.9 Å². The van der Waals surface area contributed by atoms with Gasteiger partial charge in [0.25, 0.3) is 0 Å². The molecule has 2 atom stereocenters. The quantitative estimate of drug-likeness (QED) is 0.632. The Bertz CT molecular complexity index is 682. The van der Waals surface area contributed by atoms with Gasteiger partial charge in [-0.05, 0) is 31.0 Å². The number of carboxylic acid groups (broad SMARTS) is 1. The van der Waals surface area contributed by atoms with Crippen molar-refractivity contribution >= 4 is 23.5 Å². The molecule has 0 fully saturated rings. The first kappa shape index (κ1) is 17.5. The summed E-state index contributed by atoms with van der Waals surface area (Å²) < 4.78 is 9.78. The van der Waals surface area contributed by atoms with Gasteiger partial charge in [0.2, 0.25) is 5.91 Å².